The molecule has 4 nitrogen and oxygen atoms in total. The minimum Gasteiger partial charge on any atom is -0.360 e. The number of nitrogens with zero attached hydrogens (tertiary/aromatic N) is 3. The van der Waals surface area contributed by atoms with Gasteiger partial charge in [0, 0.05) is 56.7 Å². The molecule has 0 radical (unpaired) electrons. The van der Waals surface area contributed by atoms with Crippen LogP contribution in [-0.2, 0) is 6.54 Å². The smallest absolute Gasteiger partial charge is 0.169 e. The van der Waals surface area contributed by atoms with Crippen molar-refractivity contribution in [3.8, 4) is 0 Å². The van der Waals surface area contributed by atoms with Crippen LogP contribution in [0.5, 0.6) is 0 Å². The average molecular weight is 361 g/mol. The van der Waals surface area contributed by atoms with Gasteiger partial charge in [0.15, 0.2) is 5.11 Å². The van der Waals surface area contributed by atoms with Gasteiger partial charge in [0.1, 0.15) is 0 Å². The SMILES string of the molecule is Cc1ccc(C)n1CCN1CCN(C(=S)N[C@@H]2C[C@@H]3CC[C@@H]2C3)CC1. The maximum absolute atomic E-state index is 5.72. The van der Waals surface area contributed by atoms with Crippen molar-refractivity contribution in [3.63, 3.8) is 0 Å². The summed E-state index contributed by atoms with van der Waals surface area (Å²) in [5.74, 6) is 1.86. The largest absolute Gasteiger partial charge is 0.360 e. The van der Waals surface area contributed by atoms with Gasteiger partial charge in [-0.2, -0.15) is 0 Å². The Bertz CT molecular complexity index is 598. The zero-order chi connectivity index (χ0) is 17.4. The zero-order valence-corrected chi connectivity index (χ0v) is 16.5. The van der Waals surface area contributed by atoms with Gasteiger partial charge >= 0.3 is 0 Å². The number of hydrogen-bond acceptors (Lipinski definition) is 2. The van der Waals surface area contributed by atoms with E-state index in [1.807, 2.05) is 0 Å². The molecule has 0 unspecified atom stereocenters. The van der Waals surface area contributed by atoms with E-state index in [9.17, 15) is 0 Å². The average Bonchev–Trinajstić information content (AvgIpc) is 3.31. The minimum atomic E-state index is 0.656. The van der Waals surface area contributed by atoms with E-state index in [2.05, 4.69) is 45.7 Å². The molecule has 4 rings (SSSR count). The van der Waals surface area contributed by atoms with E-state index in [4.69, 9.17) is 12.2 Å². The Balaban J connectivity index is 1.21. The molecule has 5 heteroatoms. The van der Waals surface area contributed by atoms with Gasteiger partial charge in [0.25, 0.3) is 0 Å². The molecule has 0 amide bonds. The molecule has 2 aliphatic carbocycles. The van der Waals surface area contributed by atoms with E-state index in [1.54, 1.807) is 0 Å². The second-order valence-electron chi connectivity index (χ2n) is 8.33. The Morgan fingerprint density at radius 2 is 1.76 bits per heavy atom. The van der Waals surface area contributed by atoms with Crippen LogP contribution < -0.4 is 5.32 Å². The molecule has 3 fully saturated rings. The highest BCUT2D eigenvalue weighted by molar-refractivity contribution is 7.80. The summed E-state index contributed by atoms with van der Waals surface area (Å²) in [7, 11) is 0. The predicted molar refractivity (Wildman–Crippen MR) is 107 cm³/mol. The molecule has 1 aromatic heterocycles. The van der Waals surface area contributed by atoms with E-state index >= 15 is 0 Å². The Hall–Kier alpha value is -1.07. The van der Waals surface area contributed by atoms with Crippen LogP contribution in [0.15, 0.2) is 12.1 Å². The van der Waals surface area contributed by atoms with Gasteiger partial charge in [-0.1, -0.05) is 6.42 Å². The summed E-state index contributed by atoms with van der Waals surface area (Å²) in [6, 6.07) is 5.09. The number of piperazine rings is 1. The van der Waals surface area contributed by atoms with Crippen molar-refractivity contribution in [1.29, 1.82) is 0 Å². The molecule has 3 aliphatic rings. The lowest BCUT2D eigenvalue weighted by Crippen LogP contribution is -2.54. The summed E-state index contributed by atoms with van der Waals surface area (Å²) >= 11 is 5.72. The molecule has 2 bridgehead atoms. The zero-order valence-electron chi connectivity index (χ0n) is 15.7. The number of nitrogens with one attached hydrogen (secondary N) is 1. The Morgan fingerprint density at radius 3 is 2.36 bits per heavy atom. The third-order valence-electron chi connectivity index (χ3n) is 6.76. The lowest BCUT2D eigenvalue weighted by atomic mass is 9.95. The maximum Gasteiger partial charge on any atom is 0.169 e. The highest BCUT2D eigenvalue weighted by Crippen LogP contribution is 2.44. The third-order valence-corrected chi connectivity index (χ3v) is 7.14. The number of rotatable bonds is 4. The van der Waals surface area contributed by atoms with Gasteiger partial charge in [0.05, 0.1) is 0 Å². The highest BCUT2D eigenvalue weighted by Gasteiger charge is 2.40. The van der Waals surface area contributed by atoms with Crippen molar-refractivity contribution in [2.45, 2.75) is 52.1 Å². The molecule has 3 atom stereocenters. The van der Waals surface area contributed by atoms with E-state index in [1.165, 1.54) is 37.1 Å². The maximum atomic E-state index is 5.72. The lowest BCUT2D eigenvalue weighted by molar-refractivity contribution is 0.174. The monoisotopic (exact) mass is 360 g/mol. The first-order valence-corrected chi connectivity index (χ1v) is 10.4. The molecule has 1 N–H and O–H groups in total. The molecular weight excluding hydrogens is 328 g/mol. The van der Waals surface area contributed by atoms with Crippen LogP contribution in [0.3, 0.4) is 0 Å². The second-order valence-corrected chi connectivity index (χ2v) is 8.71. The molecule has 2 heterocycles. The first kappa shape index (κ1) is 17.3. The van der Waals surface area contributed by atoms with E-state index in [0.717, 1.165) is 56.2 Å². The van der Waals surface area contributed by atoms with Crippen molar-refractivity contribution >= 4 is 17.3 Å². The molecule has 25 heavy (non-hydrogen) atoms. The van der Waals surface area contributed by atoms with E-state index < -0.39 is 0 Å². The van der Waals surface area contributed by atoms with Gasteiger partial charge < -0.3 is 14.8 Å². The molecule has 0 spiro atoms. The van der Waals surface area contributed by atoms with Crippen molar-refractivity contribution in [2.24, 2.45) is 11.8 Å². The quantitative estimate of drug-likeness (QED) is 0.834. The van der Waals surface area contributed by atoms with Crippen molar-refractivity contribution in [1.82, 2.24) is 19.7 Å². The lowest BCUT2D eigenvalue weighted by Gasteiger charge is -2.38. The van der Waals surface area contributed by atoms with Crippen LogP contribution >= 0.6 is 12.2 Å². The fraction of sp³-hybridized carbons (Fsp3) is 0.750. The molecule has 1 saturated heterocycles. The van der Waals surface area contributed by atoms with Crippen molar-refractivity contribution in [2.75, 3.05) is 32.7 Å². The standard InChI is InChI=1S/C20H32N4S/c1-15-3-4-16(2)24(15)12-9-22-7-10-23(11-8-22)20(25)21-19-14-17-5-6-18(19)13-17/h3-4,17-19H,5-14H2,1-2H3,(H,21,25)/t17-,18-,19-/m1/s1. The summed E-state index contributed by atoms with van der Waals surface area (Å²) in [6.45, 7) is 11.0. The highest BCUT2D eigenvalue weighted by atomic mass is 32.1. The predicted octanol–water partition coefficient (Wildman–Crippen LogP) is 2.79. The second kappa shape index (κ2) is 7.28. The van der Waals surface area contributed by atoms with Crippen LogP contribution in [0, 0.1) is 25.7 Å². The Labute approximate surface area is 157 Å². The van der Waals surface area contributed by atoms with E-state index in [0.29, 0.717) is 6.04 Å². The number of thiocarbonyl (C=S) groups is 1. The van der Waals surface area contributed by atoms with Crippen LogP contribution in [0.1, 0.15) is 37.1 Å². The van der Waals surface area contributed by atoms with Gasteiger partial charge in [-0.15, -0.1) is 0 Å². The van der Waals surface area contributed by atoms with Gasteiger partial charge in [-0.3, -0.25) is 4.90 Å². The van der Waals surface area contributed by atoms with Gasteiger partial charge in [0.2, 0.25) is 0 Å². The third kappa shape index (κ3) is 3.72. The molecule has 2 saturated carbocycles. The molecule has 1 aromatic rings. The summed E-state index contributed by atoms with van der Waals surface area (Å²) in [5, 5.41) is 4.71. The first-order valence-electron chi connectivity index (χ1n) is 10.0. The fourth-order valence-corrected chi connectivity index (χ4v) is 5.47. The van der Waals surface area contributed by atoms with Crippen LogP contribution in [0.4, 0.5) is 0 Å². The van der Waals surface area contributed by atoms with E-state index in [-0.39, 0.29) is 0 Å². The van der Waals surface area contributed by atoms with Crippen LogP contribution in [-0.4, -0.2) is 58.2 Å². The molecule has 138 valence electrons. The summed E-state index contributed by atoms with van der Waals surface area (Å²) in [6.07, 6.45) is 5.65. The number of aromatic nitrogens is 1. The Kier molecular flexibility index (Phi) is 5.05. The van der Waals surface area contributed by atoms with Crippen LogP contribution in [0.2, 0.25) is 0 Å². The summed E-state index contributed by atoms with van der Waals surface area (Å²) < 4.78 is 2.42. The van der Waals surface area contributed by atoms with Crippen molar-refractivity contribution in [3.05, 3.63) is 23.5 Å². The van der Waals surface area contributed by atoms with Crippen molar-refractivity contribution < 1.29 is 0 Å². The molecule has 0 aromatic carbocycles. The molecular formula is C20H32N4S. The van der Waals surface area contributed by atoms with Crippen LogP contribution in [0.25, 0.3) is 0 Å². The van der Waals surface area contributed by atoms with Gasteiger partial charge in [-0.25, -0.2) is 0 Å². The minimum absolute atomic E-state index is 0.656. The first-order chi connectivity index (χ1) is 12.1. The normalized spacial score (nSPS) is 29.4. The summed E-state index contributed by atoms with van der Waals surface area (Å²) in [4.78, 5) is 4.97. The topological polar surface area (TPSA) is 23.4 Å². The fourth-order valence-electron chi connectivity index (χ4n) is 5.14. The van der Waals surface area contributed by atoms with Gasteiger partial charge in [-0.05, 0) is 69.3 Å². The summed E-state index contributed by atoms with van der Waals surface area (Å²) in [5.41, 5.74) is 2.74. The number of fused-ring (bicyclic) bond motifs is 2. The molecule has 1 aliphatic heterocycles. The Morgan fingerprint density at radius 1 is 1.04 bits per heavy atom. The number of aryl methyl sites for hydroxylation is 2. The number of hydrogen-bond donors (Lipinski definition) is 1.